The van der Waals surface area contributed by atoms with Gasteiger partial charge in [0.15, 0.2) is 0 Å². The average molecular weight is 238 g/mol. The summed E-state index contributed by atoms with van der Waals surface area (Å²) in [5.41, 5.74) is -0.283. The lowest BCUT2D eigenvalue weighted by molar-refractivity contribution is -0.0648. The second-order valence-electron chi connectivity index (χ2n) is 6.52. The highest BCUT2D eigenvalue weighted by Gasteiger charge is 2.39. The molecule has 1 heteroatoms. The number of hydrogen-bond donors (Lipinski definition) is 1. The van der Waals surface area contributed by atoms with E-state index in [0.29, 0.717) is 5.92 Å². The minimum absolute atomic E-state index is 0.283. The highest BCUT2D eigenvalue weighted by Crippen LogP contribution is 2.43. The molecule has 1 nitrogen and oxygen atoms in total. The topological polar surface area (TPSA) is 20.2 Å². The maximum atomic E-state index is 10.9. The maximum Gasteiger partial charge on any atom is 0.0676 e. The zero-order valence-corrected chi connectivity index (χ0v) is 11.6. The fraction of sp³-hybridized carbons (Fsp3) is 1.00. The van der Waals surface area contributed by atoms with Crippen molar-refractivity contribution in [2.24, 2.45) is 11.8 Å². The molecule has 0 aromatic rings. The van der Waals surface area contributed by atoms with Crippen LogP contribution in [0.5, 0.6) is 0 Å². The average Bonchev–Trinajstić information content (AvgIpc) is 2.62. The van der Waals surface area contributed by atoms with Crippen molar-refractivity contribution < 1.29 is 5.11 Å². The maximum absolute atomic E-state index is 10.9. The van der Waals surface area contributed by atoms with Gasteiger partial charge in [-0.1, -0.05) is 45.4 Å². The van der Waals surface area contributed by atoms with Gasteiger partial charge in [-0.2, -0.15) is 0 Å². The molecule has 0 unspecified atom stereocenters. The van der Waals surface area contributed by atoms with E-state index in [0.717, 1.165) is 18.8 Å². The third kappa shape index (κ3) is 3.47. The molecule has 100 valence electrons. The number of aliphatic hydroxyl groups is 1. The summed E-state index contributed by atoms with van der Waals surface area (Å²) in [6.45, 7) is 2.28. The highest BCUT2D eigenvalue weighted by atomic mass is 16.3. The minimum atomic E-state index is -0.283. The predicted molar refractivity (Wildman–Crippen MR) is 73.0 cm³/mol. The zero-order valence-electron chi connectivity index (χ0n) is 11.6. The Morgan fingerprint density at radius 3 is 2.06 bits per heavy atom. The van der Waals surface area contributed by atoms with E-state index >= 15 is 0 Å². The molecule has 0 atom stereocenters. The monoisotopic (exact) mass is 238 g/mol. The van der Waals surface area contributed by atoms with Crippen LogP contribution in [0.4, 0.5) is 0 Å². The Balaban J connectivity index is 1.86. The van der Waals surface area contributed by atoms with Crippen LogP contribution in [-0.2, 0) is 0 Å². The normalized spacial score (nSPS) is 36.7. The summed E-state index contributed by atoms with van der Waals surface area (Å²) in [5.74, 6) is 1.53. The van der Waals surface area contributed by atoms with Gasteiger partial charge < -0.3 is 5.11 Å². The third-order valence-electron chi connectivity index (χ3n) is 5.28. The van der Waals surface area contributed by atoms with Gasteiger partial charge in [0.2, 0.25) is 0 Å². The van der Waals surface area contributed by atoms with Crippen LogP contribution in [-0.4, -0.2) is 10.7 Å². The van der Waals surface area contributed by atoms with Crippen LogP contribution in [0.3, 0.4) is 0 Å². The quantitative estimate of drug-likeness (QED) is 0.708. The summed E-state index contributed by atoms with van der Waals surface area (Å²) in [4.78, 5) is 0. The molecule has 0 amide bonds. The molecule has 2 rings (SSSR count). The van der Waals surface area contributed by atoms with Crippen molar-refractivity contribution in [2.45, 2.75) is 89.6 Å². The van der Waals surface area contributed by atoms with Crippen molar-refractivity contribution in [3.63, 3.8) is 0 Å². The van der Waals surface area contributed by atoms with Gasteiger partial charge in [-0.05, 0) is 50.4 Å². The molecule has 0 saturated heterocycles. The van der Waals surface area contributed by atoms with Gasteiger partial charge in [-0.25, -0.2) is 0 Å². The Morgan fingerprint density at radius 1 is 0.941 bits per heavy atom. The van der Waals surface area contributed by atoms with Crippen molar-refractivity contribution in [1.29, 1.82) is 0 Å². The molecule has 0 bridgehead atoms. The van der Waals surface area contributed by atoms with Gasteiger partial charge in [0, 0.05) is 0 Å². The summed E-state index contributed by atoms with van der Waals surface area (Å²) in [6, 6.07) is 0. The van der Waals surface area contributed by atoms with Crippen LogP contribution >= 0.6 is 0 Å². The first-order chi connectivity index (χ1) is 8.24. The molecular formula is C16H30O. The lowest BCUT2D eigenvalue weighted by Crippen LogP contribution is -2.41. The second kappa shape index (κ2) is 6.22. The van der Waals surface area contributed by atoms with E-state index in [9.17, 15) is 5.11 Å². The first kappa shape index (κ1) is 13.4. The van der Waals surface area contributed by atoms with Crippen molar-refractivity contribution in [2.75, 3.05) is 0 Å². The third-order valence-corrected chi connectivity index (χ3v) is 5.28. The summed E-state index contributed by atoms with van der Waals surface area (Å²) in [7, 11) is 0. The van der Waals surface area contributed by atoms with Crippen molar-refractivity contribution in [3.8, 4) is 0 Å². The van der Waals surface area contributed by atoms with E-state index in [4.69, 9.17) is 0 Å². The van der Waals surface area contributed by atoms with Crippen LogP contribution in [0.25, 0.3) is 0 Å². The summed E-state index contributed by atoms with van der Waals surface area (Å²) in [6.07, 6.45) is 15.5. The molecule has 0 aliphatic heterocycles. The van der Waals surface area contributed by atoms with E-state index in [2.05, 4.69) is 6.92 Å². The summed E-state index contributed by atoms with van der Waals surface area (Å²) < 4.78 is 0. The summed E-state index contributed by atoms with van der Waals surface area (Å²) >= 11 is 0. The van der Waals surface area contributed by atoms with Gasteiger partial charge in [-0.3, -0.25) is 0 Å². The molecule has 0 heterocycles. The molecule has 1 N–H and O–H groups in total. The first-order valence-electron chi connectivity index (χ1n) is 7.97. The van der Waals surface area contributed by atoms with E-state index in [-0.39, 0.29) is 5.60 Å². The molecule has 0 aromatic heterocycles. The second-order valence-corrected chi connectivity index (χ2v) is 6.52. The van der Waals surface area contributed by atoms with Crippen LogP contribution in [0.1, 0.15) is 84.0 Å². The lowest BCUT2D eigenvalue weighted by Gasteiger charge is -2.41. The highest BCUT2D eigenvalue weighted by molar-refractivity contribution is 4.91. The SMILES string of the molecule is CCCC1CCC(O)(C2CCCCCC2)CC1. The van der Waals surface area contributed by atoms with Crippen molar-refractivity contribution >= 4 is 0 Å². The Kier molecular flexibility index (Phi) is 4.90. The van der Waals surface area contributed by atoms with Crippen LogP contribution < -0.4 is 0 Å². The van der Waals surface area contributed by atoms with Gasteiger partial charge in [0.1, 0.15) is 0 Å². The summed E-state index contributed by atoms with van der Waals surface area (Å²) in [5, 5.41) is 10.9. The van der Waals surface area contributed by atoms with E-state index in [1.165, 1.54) is 64.2 Å². The fourth-order valence-corrected chi connectivity index (χ4v) is 4.10. The molecule has 0 aromatic carbocycles. The van der Waals surface area contributed by atoms with E-state index < -0.39 is 0 Å². The van der Waals surface area contributed by atoms with Crippen LogP contribution in [0.15, 0.2) is 0 Å². The Hall–Kier alpha value is -0.0400. The molecule has 2 aliphatic rings. The molecule has 17 heavy (non-hydrogen) atoms. The van der Waals surface area contributed by atoms with Crippen LogP contribution in [0, 0.1) is 11.8 Å². The van der Waals surface area contributed by atoms with E-state index in [1.807, 2.05) is 0 Å². The Labute approximate surface area is 107 Å². The van der Waals surface area contributed by atoms with Crippen LogP contribution in [0.2, 0.25) is 0 Å². The zero-order chi connectivity index (χ0) is 12.1. The van der Waals surface area contributed by atoms with Gasteiger partial charge in [0.05, 0.1) is 5.60 Å². The standard InChI is InChI=1S/C16H30O/c1-2-7-14-10-12-16(17,13-11-14)15-8-5-3-4-6-9-15/h14-15,17H,2-13H2,1H3. The molecule has 0 radical (unpaired) electrons. The minimum Gasteiger partial charge on any atom is -0.390 e. The molecule has 2 fully saturated rings. The Bertz CT molecular complexity index is 208. The molecule has 0 spiro atoms. The lowest BCUT2D eigenvalue weighted by atomic mass is 9.69. The van der Waals surface area contributed by atoms with Crippen molar-refractivity contribution in [3.05, 3.63) is 0 Å². The number of hydrogen-bond acceptors (Lipinski definition) is 1. The number of rotatable bonds is 3. The fourth-order valence-electron chi connectivity index (χ4n) is 4.10. The predicted octanol–water partition coefficient (Wildman–Crippen LogP) is 4.68. The molecule has 2 aliphatic carbocycles. The largest absolute Gasteiger partial charge is 0.390 e. The molecular weight excluding hydrogens is 208 g/mol. The van der Waals surface area contributed by atoms with Gasteiger partial charge in [0.25, 0.3) is 0 Å². The smallest absolute Gasteiger partial charge is 0.0676 e. The van der Waals surface area contributed by atoms with Crippen molar-refractivity contribution in [1.82, 2.24) is 0 Å². The van der Waals surface area contributed by atoms with E-state index in [1.54, 1.807) is 0 Å². The van der Waals surface area contributed by atoms with Gasteiger partial charge >= 0.3 is 0 Å². The molecule has 2 saturated carbocycles. The van der Waals surface area contributed by atoms with Gasteiger partial charge in [-0.15, -0.1) is 0 Å². The first-order valence-corrected chi connectivity index (χ1v) is 7.97. The Morgan fingerprint density at radius 2 is 1.53 bits per heavy atom.